The fourth-order valence-electron chi connectivity index (χ4n) is 4.84. The summed E-state index contributed by atoms with van der Waals surface area (Å²) in [4.78, 5) is 15.2. The summed E-state index contributed by atoms with van der Waals surface area (Å²) in [5.74, 6) is 1.21. The quantitative estimate of drug-likeness (QED) is 0.362. The Bertz CT molecular complexity index is 888. The number of carbonyl (C=O) groups excluding carboxylic acids is 1. The van der Waals surface area contributed by atoms with Gasteiger partial charge in [0.05, 0.1) is 6.04 Å². The zero-order valence-electron chi connectivity index (χ0n) is 21.7. The standard InChI is InChI=1S/C29H43N3O2/c1-21(2)19-22-11-13-25(14-12-22)27(33)31-26(24-9-7-6-8-10-24)20-23-15-17-32(18-16-23)28(30)34-29(3,4)5/h6-11,13,21,23,26,30H,12,14-20H2,1-5H3,(H,31,33). The number of amidine groups is 1. The molecule has 3 rings (SSSR count). The first-order chi connectivity index (χ1) is 16.1. The van der Waals surface area contributed by atoms with Crippen LogP contribution in [-0.4, -0.2) is 35.5 Å². The molecule has 0 saturated carbocycles. The van der Waals surface area contributed by atoms with Gasteiger partial charge in [-0.25, -0.2) is 0 Å². The number of ether oxygens (including phenoxy) is 1. The number of rotatable bonds is 7. The van der Waals surface area contributed by atoms with E-state index in [1.165, 1.54) is 5.57 Å². The van der Waals surface area contributed by atoms with Crippen molar-refractivity contribution in [1.29, 1.82) is 5.41 Å². The topological polar surface area (TPSA) is 65.4 Å². The number of hydrogen-bond acceptors (Lipinski definition) is 3. The number of piperidine rings is 1. The molecule has 1 aromatic rings. The second kappa shape index (κ2) is 11.7. The summed E-state index contributed by atoms with van der Waals surface area (Å²) < 4.78 is 5.75. The van der Waals surface area contributed by atoms with Crippen LogP contribution in [0.1, 0.15) is 84.7 Å². The second-order valence-electron chi connectivity index (χ2n) is 11.2. The molecular weight excluding hydrogens is 422 g/mol. The fourth-order valence-corrected chi connectivity index (χ4v) is 4.84. The lowest BCUT2D eigenvalue weighted by Crippen LogP contribution is -2.42. The predicted octanol–water partition coefficient (Wildman–Crippen LogP) is 6.39. The van der Waals surface area contributed by atoms with Gasteiger partial charge in [0, 0.05) is 18.7 Å². The van der Waals surface area contributed by atoms with Crippen molar-refractivity contribution >= 4 is 11.9 Å². The summed E-state index contributed by atoms with van der Waals surface area (Å²) >= 11 is 0. The van der Waals surface area contributed by atoms with E-state index in [0.717, 1.165) is 62.8 Å². The number of allylic oxidation sites excluding steroid dienone is 3. The van der Waals surface area contributed by atoms with Crippen LogP contribution in [0.5, 0.6) is 0 Å². The maximum Gasteiger partial charge on any atom is 0.284 e. The highest BCUT2D eigenvalue weighted by Crippen LogP contribution is 2.30. The van der Waals surface area contributed by atoms with E-state index >= 15 is 0 Å². The van der Waals surface area contributed by atoms with E-state index in [1.807, 2.05) is 49.9 Å². The molecule has 0 radical (unpaired) electrons. The molecule has 1 amide bonds. The number of carbonyl (C=O) groups is 1. The van der Waals surface area contributed by atoms with Crippen LogP contribution < -0.4 is 5.32 Å². The molecule has 2 aliphatic rings. The van der Waals surface area contributed by atoms with Crippen LogP contribution in [0.4, 0.5) is 0 Å². The molecule has 5 nitrogen and oxygen atoms in total. The van der Waals surface area contributed by atoms with Gasteiger partial charge in [-0.05, 0) is 76.7 Å². The summed E-state index contributed by atoms with van der Waals surface area (Å²) in [6.07, 6.45) is 10.00. The van der Waals surface area contributed by atoms with Gasteiger partial charge >= 0.3 is 0 Å². The third-order valence-corrected chi connectivity index (χ3v) is 6.58. The first-order valence-corrected chi connectivity index (χ1v) is 12.9. The molecular formula is C29H43N3O2. The van der Waals surface area contributed by atoms with Crippen LogP contribution in [0.3, 0.4) is 0 Å². The molecule has 1 atom stereocenters. The van der Waals surface area contributed by atoms with Gasteiger partial charge in [0.25, 0.3) is 6.02 Å². The summed E-state index contributed by atoms with van der Waals surface area (Å²) in [5, 5.41) is 11.6. The predicted molar refractivity (Wildman–Crippen MR) is 140 cm³/mol. The molecule has 0 spiro atoms. The Morgan fingerprint density at radius 2 is 1.79 bits per heavy atom. The SMILES string of the molecule is CC(C)CC1=CC=C(C(=O)NC(CC2CCN(C(=N)OC(C)(C)C)CC2)c2ccccc2)CC1. The molecule has 1 saturated heterocycles. The molecule has 1 unspecified atom stereocenters. The Morgan fingerprint density at radius 3 is 2.35 bits per heavy atom. The van der Waals surface area contributed by atoms with Crippen LogP contribution in [-0.2, 0) is 9.53 Å². The van der Waals surface area contributed by atoms with Crippen LogP contribution in [0, 0.1) is 17.2 Å². The maximum atomic E-state index is 13.2. The Morgan fingerprint density at radius 1 is 1.12 bits per heavy atom. The Balaban J connectivity index is 1.61. The van der Waals surface area contributed by atoms with Crippen LogP contribution >= 0.6 is 0 Å². The highest BCUT2D eigenvalue weighted by Gasteiger charge is 2.28. The number of hydrogen-bond donors (Lipinski definition) is 2. The molecule has 5 heteroatoms. The molecule has 0 bridgehead atoms. The van der Waals surface area contributed by atoms with Crippen molar-refractivity contribution in [3.63, 3.8) is 0 Å². The third-order valence-electron chi connectivity index (χ3n) is 6.58. The number of benzene rings is 1. The van der Waals surface area contributed by atoms with E-state index in [0.29, 0.717) is 11.8 Å². The normalized spacial score (nSPS) is 18.2. The van der Waals surface area contributed by atoms with Crippen molar-refractivity contribution in [3.8, 4) is 0 Å². The Labute approximate surface area is 206 Å². The third kappa shape index (κ3) is 8.03. The molecule has 1 aromatic carbocycles. The summed E-state index contributed by atoms with van der Waals surface area (Å²) in [6.45, 7) is 12.1. The smallest absolute Gasteiger partial charge is 0.284 e. The molecule has 34 heavy (non-hydrogen) atoms. The lowest BCUT2D eigenvalue weighted by atomic mass is 9.87. The van der Waals surface area contributed by atoms with E-state index in [1.54, 1.807) is 0 Å². The zero-order chi connectivity index (χ0) is 24.7. The van der Waals surface area contributed by atoms with Gasteiger partial charge in [-0.2, -0.15) is 0 Å². The van der Waals surface area contributed by atoms with Gasteiger partial charge in [0.15, 0.2) is 0 Å². The molecule has 186 valence electrons. The molecule has 1 fully saturated rings. The average Bonchev–Trinajstić information content (AvgIpc) is 2.78. The zero-order valence-corrected chi connectivity index (χ0v) is 21.7. The molecule has 2 N–H and O–H groups in total. The summed E-state index contributed by atoms with van der Waals surface area (Å²) in [5.41, 5.74) is 3.14. The van der Waals surface area contributed by atoms with Gasteiger partial charge in [-0.1, -0.05) is 61.9 Å². The van der Waals surface area contributed by atoms with Gasteiger partial charge in [0.2, 0.25) is 5.91 Å². The average molecular weight is 466 g/mol. The summed E-state index contributed by atoms with van der Waals surface area (Å²) in [6, 6.07) is 10.6. The number of amides is 1. The molecule has 0 aromatic heterocycles. The highest BCUT2D eigenvalue weighted by atomic mass is 16.5. The number of nitrogens with one attached hydrogen (secondary N) is 2. The lowest BCUT2D eigenvalue weighted by molar-refractivity contribution is -0.118. The van der Waals surface area contributed by atoms with E-state index in [4.69, 9.17) is 10.1 Å². The van der Waals surface area contributed by atoms with Crippen molar-refractivity contribution in [1.82, 2.24) is 10.2 Å². The lowest BCUT2D eigenvalue weighted by Gasteiger charge is -2.36. The largest absolute Gasteiger partial charge is 0.460 e. The summed E-state index contributed by atoms with van der Waals surface area (Å²) in [7, 11) is 0. The van der Waals surface area contributed by atoms with Crippen molar-refractivity contribution in [2.24, 2.45) is 11.8 Å². The van der Waals surface area contributed by atoms with E-state index in [9.17, 15) is 4.79 Å². The number of likely N-dealkylation sites (tertiary alicyclic amines) is 1. The number of nitrogens with zero attached hydrogens (tertiary/aromatic N) is 1. The van der Waals surface area contributed by atoms with Crippen LogP contribution in [0.2, 0.25) is 0 Å². The van der Waals surface area contributed by atoms with Crippen LogP contribution in [0.25, 0.3) is 0 Å². The molecule has 1 aliphatic heterocycles. The van der Waals surface area contributed by atoms with Gasteiger partial charge < -0.3 is 15.0 Å². The molecule has 1 aliphatic carbocycles. The highest BCUT2D eigenvalue weighted by molar-refractivity contribution is 5.94. The monoisotopic (exact) mass is 465 g/mol. The van der Waals surface area contributed by atoms with Crippen LogP contribution in [0.15, 0.2) is 53.6 Å². The minimum Gasteiger partial charge on any atom is -0.460 e. The molecule has 1 heterocycles. The fraction of sp³-hybridized carbons (Fsp3) is 0.586. The van der Waals surface area contributed by atoms with Gasteiger partial charge in [0.1, 0.15) is 5.60 Å². The van der Waals surface area contributed by atoms with Crippen molar-refractivity contribution in [2.45, 2.75) is 84.8 Å². The van der Waals surface area contributed by atoms with Gasteiger partial charge in [-0.3, -0.25) is 10.2 Å². The van der Waals surface area contributed by atoms with E-state index in [2.05, 4.69) is 37.4 Å². The van der Waals surface area contributed by atoms with Crippen molar-refractivity contribution < 1.29 is 9.53 Å². The van der Waals surface area contributed by atoms with Crippen molar-refractivity contribution in [2.75, 3.05) is 13.1 Å². The first kappa shape index (κ1) is 26.1. The minimum absolute atomic E-state index is 0.00235. The Kier molecular flexibility index (Phi) is 8.98. The van der Waals surface area contributed by atoms with Gasteiger partial charge in [-0.15, -0.1) is 0 Å². The Hall–Kier alpha value is -2.56. The second-order valence-corrected chi connectivity index (χ2v) is 11.2. The minimum atomic E-state index is -0.352. The first-order valence-electron chi connectivity index (χ1n) is 12.9. The van der Waals surface area contributed by atoms with Crippen molar-refractivity contribution in [3.05, 3.63) is 59.2 Å². The van der Waals surface area contributed by atoms with E-state index in [-0.39, 0.29) is 23.6 Å². The maximum absolute atomic E-state index is 13.2. The van der Waals surface area contributed by atoms with E-state index < -0.39 is 0 Å².